The standard InChI is InChI=1S/C25H23N11O5S3/c1-41-32-16(20-31-25(28)44-33-20)21(37)30-17-22(38)36-18(24(39)40)12(9-43-23(17)36)6-34-4-2-11-3-5-35(14(11)7-34)8-15-29-13(10-42-15)19(26)27/h2-5,7,10,17,23H,6,8-9H2,1H3,(H6-,26,27,28,30,31,33,37,39,40)/p+1/b32-16-/t17-,23-/m1/s1. The maximum Gasteiger partial charge on any atom is 0.352 e. The Hall–Kier alpha value is -4.88. The van der Waals surface area contributed by atoms with E-state index in [1.165, 1.54) is 35.1 Å². The third-order valence-electron chi connectivity index (χ3n) is 6.87. The zero-order valence-electron chi connectivity index (χ0n) is 22.8. The van der Waals surface area contributed by atoms with Crippen LogP contribution in [0.15, 0.2) is 52.5 Å². The Bertz CT molecular complexity index is 1890. The fourth-order valence-electron chi connectivity index (χ4n) is 4.90. The molecule has 44 heavy (non-hydrogen) atoms. The van der Waals surface area contributed by atoms with E-state index in [1.54, 1.807) is 5.38 Å². The van der Waals surface area contributed by atoms with Crippen molar-refractivity contribution in [2.45, 2.75) is 24.5 Å². The van der Waals surface area contributed by atoms with E-state index in [2.05, 4.69) is 24.8 Å². The molecule has 1 saturated heterocycles. The second-order valence-corrected chi connectivity index (χ2v) is 12.5. The Kier molecular flexibility index (Phi) is 7.74. The summed E-state index contributed by atoms with van der Waals surface area (Å²) < 4.78 is 7.85. The van der Waals surface area contributed by atoms with Crippen molar-refractivity contribution in [1.29, 1.82) is 5.41 Å². The number of hydrogen-bond acceptors (Lipinski definition) is 13. The van der Waals surface area contributed by atoms with Crippen LogP contribution in [0.1, 0.15) is 16.5 Å². The highest BCUT2D eigenvalue weighted by molar-refractivity contribution is 8.00. The molecule has 16 nitrogen and oxygen atoms in total. The predicted octanol–water partition coefficient (Wildman–Crippen LogP) is -0.0593. The number of oxime groups is 1. The average Bonchev–Trinajstić information content (AvgIpc) is 3.75. The molecule has 1 fully saturated rings. The number of pyridine rings is 1. The number of hydrogen-bond donors (Lipinski definition) is 5. The van der Waals surface area contributed by atoms with Crippen molar-refractivity contribution in [3.63, 3.8) is 0 Å². The number of carbonyl (C=O) groups excluding carboxylic acids is 2. The third-order valence-corrected chi connectivity index (χ3v) is 9.58. The Morgan fingerprint density at radius 3 is 2.84 bits per heavy atom. The number of carboxylic acid groups (broad SMARTS) is 1. The second-order valence-electron chi connectivity index (χ2n) is 9.64. The molecule has 226 valence electrons. The molecule has 0 radical (unpaired) electrons. The number of nitrogens with one attached hydrogen (secondary N) is 2. The monoisotopic (exact) mass is 654 g/mol. The van der Waals surface area contributed by atoms with E-state index >= 15 is 0 Å². The van der Waals surface area contributed by atoms with Gasteiger partial charge in [-0.2, -0.15) is 13.9 Å². The Morgan fingerprint density at radius 2 is 2.16 bits per heavy atom. The number of carbonyl (C=O) groups is 3. The summed E-state index contributed by atoms with van der Waals surface area (Å²) >= 11 is 3.64. The smallest absolute Gasteiger partial charge is 0.352 e. The number of thiazole rings is 1. The summed E-state index contributed by atoms with van der Waals surface area (Å²) in [5.74, 6) is -2.36. The predicted molar refractivity (Wildman–Crippen MR) is 162 cm³/mol. The number of thioether (sulfide) groups is 1. The van der Waals surface area contributed by atoms with Gasteiger partial charge in [0.1, 0.15) is 46.3 Å². The fraction of sp³-hybridized carbons (Fsp3) is 0.240. The number of β-lactam (4-membered cyclic amide) rings is 1. The van der Waals surface area contributed by atoms with Gasteiger partial charge in [0, 0.05) is 45.9 Å². The molecule has 2 amide bonds. The van der Waals surface area contributed by atoms with Crippen LogP contribution in [0, 0.1) is 5.41 Å². The lowest BCUT2D eigenvalue weighted by atomic mass is 10.0. The lowest BCUT2D eigenvalue weighted by Gasteiger charge is -2.49. The summed E-state index contributed by atoms with van der Waals surface area (Å²) in [5, 5.41) is 27.0. The van der Waals surface area contributed by atoms with Crippen LogP contribution in [0.5, 0.6) is 0 Å². The van der Waals surface area contributed by atoms with Crippen LogP contribution in [0.2, 0.25) is 0 Å². The molecule has 6 rings (SSSR count). The van der Waals surface area contributed by atoms with Gasteiger partial charge in [-0.3, -0.25) is 19.9 Å². The molecule has 2 atom stereocenters. The van der Waals surface area contributed by atoms with Crippen molar-refractivity contribution in [3.05, 3.63) is 63.9 Å². The highest BCUT2D eigenvalue weighted by Crippen LogP contribution is 2.40. The SMILES string of the molecule is CO/N=C(\C(=O)N[C@@H]1C(=O)N2C(C(=O)O)=C(C[n+]3ccc4ccn(Cc5nc(C(=N)N)cs5)c4c3)CS[C@H]12)c1nsc(N)n1. The van der Waals surface area contributed by atoms with Crippen LogP contribution in [-0.2, 0) is 32.3 Å². The highest BCUT2D eigenvalue weighted by Gasteiger charge is 2.55. The van der Waals surface area contributed by atoms with Gasteiger partial charge >= 0.3 is 5.97 Å². The van der Waals surface area contributed by atoms with E-state index in [9.17, 15) is 19.5 Å². The fourth-order valence-corrected chi connectivity index (χ4v) is 7.46. The number of nitrogens with zero attached hydrogens (tertiary/aromatic N) is 7. The molecule has 2 aliphatic rings. The van der Waals surface area contributed by atoms with E-state index < -0.39 is 29.2 Å². The number of carboxylic acids is 1. The number of aromatic nitrogens is 5. The number of nitrogen functional groups attached to an aromatic ring is 2. The largest absolute Gasteiger partial charge is 0.477 e. The summed E-state index contributed by atoms with van der Waals surface area (Å²) in [6.07, 6.45) is 5.70. The van der Waals surface area contributed by atoms with Gasteiger partial charge in [-0.15, -0.1) is 23.1 Å². The summed E-state index contributed by atoms with van der Waals surface area (Å²) in [6.45, 7) is 0.709. The van der Waals surface area contributed by atoms with Crippen LogP contribution < -0.4 is 21.4 Å². The van der Waals surface area contributed by atoms with Crippen LogP contribution in [0.4, 0.5) is 5.13 Å². The molecule has 0 unspecified atom stereocenters. The molecule has 0 bridgehead atoms. The molecule has 0 spiro atoms. The van der Waals surface area contributed by atoms with Crippen molar-refractivity contribution in [3.8, 4) is 0 Å². The zero-order valence-corrected chi connectivity index (χ0v) is 25.3. The van der Waals surface area contributed by atoms with E-state index in [-0.39, 0.29) is 34.7 Å². The second kappa shape index (κ2) is 11.7. The minimum atomic E-state index is -1.23. The van der Waals surface area contributed by atoms with E-state index in [4.69, 9.17) is 21.7 Å². The Balaban J connectivity index is 1.21. The van der Waals surface area contributed by atoms with Gasteiger partial charge in [0.2, 0.25) is 11.5 Å². The summed E-state index contributed by atoms with van der Waals surface area (Å²) in [5.41, 5.74) is 12.7. The molecule has 0 saturated carbocycles. The van der Waals surface area contributed by atoms with Crippen molar-refractivity contribution in [1.82, 2.24) is 29.1 Å². The molecule has 4 aromatic heterocycles. The minimum Gasteiger partial charge on any atom is -0.477 e. The van der Waals surface area contributed by atoms with Crippen molar-refractivity contribution < 1.29 is 28.9 Å². The van der Waals surface area contributed by atoms with E-state index in [1.807, 2.05) is 39.9 Å². The van der Waals surface area contributed by atoms with Gasteiger partial charge in [0.15, 0.2) is 24.1 Å². The first kappa shape index (κ1) is 29.2. The van der Waals surface area contributed by atoms with Gasteiger partial charge in [-0.1, -0.05) is 5.16 Å². The molecule has 2 aliphatic heterocycles. The van der Waals surface area contributed by atoms with Crippen LogP contribution >= 0.6 is 34.6 Å². The van der Waals surface area contributed by atoms with Crippen molar-refractivity contribution in [2.75, 3.05) is 18.6 Å². The molecular weight excluding hydrogens is 631 g/mol. The molecule has 6 heterocycles. The third kappa shape index (κ3) is 5.35. The zero-order chi connectivity index (χ0) is 31.1. The summed E-state index contributed by atoms with van der Waals surface area (Å²) in [6, 6.07) is 2.92. The van der Waals surface area contributed by atoms with Gasteiger partial charge < -0.3 is 31.3 Å². The van der Waals surface area contributed by atoms with Gasteiger partial charge in [0.05, 0.1) is 6.54 Å². The number of nitrogens with two attached hydrogens (primary N) is 2. The van der Waals surface area contributed by atoms with E-state index in [0.29, 0.717) is 23.6 Å². The normalized spacial score (nSPS) is 18.2. The van der Waals surface area contributed by atoms with Crippen molar-refractivity contribution >= 4 is 80.0 Å². The highest BCUT2D eigenvalue weighted by atomic mass is 32.2. The Morgan fingerprint density at radius 1 is 1.34 bits per heavy atom. The van der Waals surface area contributed by atoms with Crippen LogP contribution in [0.3, 0.4) is 0 Å². The molecule has 0 aromatic carbocycles. The summed E-state index contributed by atoms with van der Waals surface area (Å²) in [7, 11) is 1.25. The maximum atomic E-state index is 13.2. The first-order valence-corrected chi connectivity index (χ1v) is 15.5. The van der Waals surface area contributed by atoms with Crippen LogP contribution in [0.25, 0.3) is 10.9 Å². The number of anilines is 1. The molecule has 4 aromatic rings. The molecule has 7 N–H and O–H groups in total. The van der Waals surface area contributed by atoms with Gasteiger partial charge in [0.25, 0.3) is 11.8 Å². The van der Waals surface area contributed by atoms with E-state index in [0.717, 1.165) is 27.4 Å². The number of amidine groups is 1. The number of fused-ring (bicyclic) bond motifs is 2. The average molecular weight is 655 g/mol. The maximum absolute atomic E-state index is 13.2. The number of rotatable bonds is 10. The minimum absolute atomic E-state index is 0.0483. The van der Waals surface area contributed by atoms with Crippen molar-refractivity contribution in [2.24, 2.45) is 10.9 Å². The molecule has 19 heteroatoms. The molecular formula is C25H24N11O5S3+. The van der Waals surface area contributed by atoms with Crippen LogP contribution in [-0.4, -0.2) is 82.5 Å². The lowest BCUT2D eigenvalue weighted by molar-refractivity contribution is -0.687. The first-order valence-electron chi connectivity index (χ1n) is 12.8. The Labute approximate surface area is 260 Å². The lowest BCUT2D eigenvalue weighted by Crippen LogP contribution is -2.71. The molecule has 0 aliphatic carbocycles. The first-order chi connectivity index (χ1) is 21.1. The summed E-state index contributed by atoms with van der Waals surface area (Å²) in [4.78, 5) is 52.9. The number of amides is 2. The topological polar surface area (TPSA) is 232 Å². The number of aliphatic carboxylic acids is 1. The quantitative estimate of drug-likeness (QED) is 0.0500. The van der Waals surface area contributed by atoms with Gasteiger partial charge in [-0.25, -0.2) is 9.78 Å². The van der Waals surface area contributed by atoms with Gasteiger partial charge in [-0.05, 0) is 6.07 Å².